The molecule has 3 nitrogen and oxygen atoms in total. The van der Waals surface area contributed by atoms with E-state index in [1.807, 2.05) is 12.1 Å². The van der Waals surface area contributed by atoms with E-state index in [4.69, 9.17) is 5.11 Å². The van der Waals surface area contributed by atoms with E-state index < -0.39 is 5.97 Å². The molecule has 1 aliphatic carbocycles. The molecule has 1 saturated carbocycles. The van der Waals surface area contributed by atoms with E-state index in [1.54, 1.807) is 12.1 Å². The SMILES string of the molecule is CC(C)C1CCC(NCc2cccc(C(=O)O)c2)CC1. The Balaban J connectivity index is 1.81. The zero-order chi connectivity index (χ0) is 14.5. The number of hydrogen-bond donors (Lipinski definition) is 2. The van der Waals surface area contributed by atoms with Crippen LogP contribution in [0.25, 0.3) is 0 Å². The van der Waals surface area contributed by atoms with E-state index in [0.29, 0.717) is 11.6 Å². The van der Waals surface area contributed by atoms with Crippen LogP contribution in [0, 0.1) is 11.8 Å². The Morgan fingerprint density at radius 3 is 2.60 bits per heavy atom. The summed E-state index contributed by atoms with van der Waals surface area (Å²) in [5, 5.41) is 12.6. The van der Waals surface area contributed by atoms with Crippen LogP contribution in [0.5, 0.6) is 0 Å². The fourth-order valence-corrected chi connectivity index (χ4v) is 3.07. The molecule has 0 saturated heterocycles. The molecule has 2 rings (SSSR count). The van der Waals surface area contributed by atoms with Crippen molar-refractivity contribution in [3.63, 3.8) is 0 Å². The molecule has 1 aromatic rings. The van der Waals surface area contributed by atoms with Crippen molar-refractivity contribution >= 4 is 5.97 Å². The van der Waals surface area contributed by atoms with Gasteiger partial charge in [0.25, 0.3) is 0 Å². The van der Waals surface area contributed by atoms with Crippen LogP contribution in [0.1, 0.15) is 55.5 Å². The molecule has 0 bridgehead atoms. The van der Waals surface area contributed by atoms with Crippen LogP contribution in [-0.4, -0.2) is 17.1 Å². The number of carboxylic acids is 1. The third kappa shape index (κ3) is 4.07. The third-order valence-electron chi connectivity index (χ3n) is 4.48. The molecule has 0 aliphatic heterocycles. The van der Waals surface area contributed by atoms with Crippen LogP contribution in [0.3, 0.4) is 0 Å². The Labute approximate surface area is 121 Å². The van der Waals surface area contributed by atoms with Gasteiger partial charge in [0.05, 0.1) is 5.56 Å². The van der Waals surface area contributed by atoms with Gasteiger partial charge in [0.15, 0.2) is 0 Å². The Bertz CT molecular complexity index is 448. The predicted molar refractivity (Wildman–Crippen MR) is 80.8 cm³/mol. The molecule has 0 heterocycles. The van der Waals surface area contributed by atoms with Gasteiger partial charge in [0.2, 0.25) is 0 Å². The lowest BCUT2D eigenvalue weighted by atomic mass is 9.80. The normalized spacial score (nSPS) is 22.9. The first-order chi connectivity index (χ1) is 9.56. The van der Waals surface area contributed by atoms with Gasteiger partial charge in [-0.1, -0.05) is 26.0 Å². The first-order valence-electron chi connectivity index (χ1n) is 7.62. The monoisotopic (exact) mass is 275 g/mol. The van der Waals surface area contributed by atoms with Gasteiger partial charge in [0, 0.05) is 12.6 Å². The topological polar surface area (TPSA) is 49.3 Å². The predicted octanol–water partition coefficient (Wildman–Crippen LogP) is 3.69. The second kappa shape index (κ2) is 6.89. The van der Waals surface area contributed by atoms with Crippen LogP contribution >= 0.6 is 0 Å². The smallest absolute Gasteiger partial charge is 0.335 e. The number of rotatable bonds is 5. The highest BCUT2D eigenvalue weighted by Gasteiger charge is 2.22. The van der Waals surface area contributed by atoms with Crippen molar-refractivity contribution in [1.82, 2.24) is 5.32 Å². The number of benzene rings is 1. The zero-order valence-corrected chi connectivity index (χ0v) is 12.4. The third-order valence-corrected chi connectivity index (χ3v) is 4.48. The average Bonchev–Trinajstić information content (AvgIpc) is 2.46. The van der Waals surface area contributed by atoms with Gasteiger partial charge in [-0.3, -0.25) is 0 Å². The fraction of sp³-hybridized carbons (Fsp3) is 0.588. The van der Waals surface area contributed by atoms with Gasteiger partial charge in [-0.15, -0.1) is 0 Å². The molecule has 0 atom stereocenters. The lowest BCUT2D eigenvalue weighted by molar-refractivity contribution is 0.0696. The maximum atomic E-state index is 10.9. The van der Waals surface area contributed by atoms with Crippen molar-refractivity contribution in [2.75, 3.05) is 0 Å². The first-order valence-corrected chi connectivity index (χ1v) is 7.62. The Morgan fingerprint density at radius 2 is 2.00 bits per heavy atom. The molecule has 0 unspecified atom stereocenters. The van der Waals surface area contributed by atoms with Crippen molar-refractivity contribution in [3.05, 3.63) is 35.4 Å². The number of hydrogen-bond acceptors (Lipinski definition) is 2. The lowest BCUT2D eigenvalue weighted by Crippen LogP contribution is -2.33. The molecule has 0 radical (unpaired) electrons. The van der Waals surface area contributed by atoms with Crippen molar-refractivity contribution in [2.45, 2.75) is 52.1 Å². The minimum atomic E-state index is -0.857. The van der Waals surface area contributed by atoms with Crippen LogP contribution in [0.15, 0.2) is 24.3 Å². The fourth-order valence-electron chi connectivity index (χ4n) is 3.07. The molecule has 2 N–H and O–H groups in total. The molecule has 110 valence electrons. The summed E-state index contributed by atoms with van der Waals surface area (Å²) in [5.41, 5.74) is 1.42. The summed E-state index contributed by atoms with van der Waals surface area (Å²) in [6.07, 6.45) is 5.10. The lowest BCUT2D eigenvalue weighted by Gasteiger charge is -2.31. The van der Waals surface area contributed by atoms with Crippen LogP contribution in [-0.2, 0) is 6.54 Å². The number of carboxylic acid groups (broad SMARTS) is 1. The van der Waals surface area contributed by atoms with Crippen molar-refractivity contribution in [2.24, 2.45) is 11.8 Å². The van der Waals surface area contributed by atoms with E-state index in [2.05, 4.69) is 19.2 Å². The highest BCUT2D eigenvalue weighted by Crippen LogP contribution is 2.29. The second-order valence-corrected chi connectivity index (χ2v) is 6.24. The van der Waals surface area contributed by atoms with Crippen molar-refractivity contribution in [3.8, 4) is 0 Å². The molecule has 1 fully saturated rings. The highest BCUT2D eigenvalue weighted by atomic mass is 16.4. The Kier molecular flexibility index (Phi) is 5.18. The van der Waals surface area contributed by atoms with Crippen molar-refractivity contribution < 1.29 is 9.90 Å². The summed E-state index contributed by atoms with van der Waals surface area (Å²) in [7, 11) is 0. The number of carbonyl (C=O) groups is 1. The van der Waals surface area contributed by atoms with E-state index in [-0.39, 0.29) is 0 Å². The Morgan fingerprint density at radius 1 is 1.30 bits per heavy atom. The molecular formula is C17H25NO2. The summed E-state index contributed by atoms with van der Waals surface area (Å²) in [6, 6.07) is 7.78. The van der Waals surface area contributed by atoms with Crippen LogP contribution in [0.4, 0.5) is 0 Å². The second-order valence-electron chi connectivity index (χ2n) is 6.24. The quantitative estimate of drug-likeness (QED) is 0.861. The number of aromatic carboxylic acids is 1. The van der Waals surface area contributed by atoms with E-state index in [1.165, 1.54) is 25.7 Å². The standard InChI is InChI=1S/C17H25NO2/c1-12(2)14-6-8-16(9-7-14)18-11-13-4-3-5-15(10-13)17(19)20/h3-5,10,12,14,16,18H,6-9,11H2,1-2H3,(H,19,20). The molecule has 0 aromatic heterocycles. The zero-order valence-electron chi connectivity index (χ0n) is 12.4. The molecule has 20 heavy (non-hydrogen) atoms. The Hall–Kier alpha value is -1.35. The summed E-state index contributed by atoms with van der Waals surface area (Å²) >= 11 is 0. The van der Waals surface area contributed by atoms with Crippen LogP contribution in [0.2, 0.25) is 0 Å². The van der Waals surface area contributed by atoms with E-state index in [0.717, 1.165) is 23.9 Å². The minimum absolute atomic E-state index is 0.368. The molecule has 0 amide bonds. The highest BCUT2D eigenvalue weighted by molar-refractivity contribution is 5.87. The maximum absolute atomic E-state index is 10.9. The van der Waals surface area contributed by atoms with E-state index >= 15 is 0 Å². The van der Waals surface area contributed by atoms with Gasteiger partial charge >= 0.3 is 5.97 Å². The molecule has 1 aliphatic rings. The summed E-state index contributed by atoms with van der Waals surface area (Å²) in [5.74, 6) is 0.816. The van der Waals surface area contributed by atoms with Gasteiger partial charge in [-0.2, -0.15) is 0 Å². The largest absolute Gasteiger partial charge is 0.478 e. The molecule has 0 spiro atoms. The summed E-state index contributed by atoms with van der Waals surface area (Å²) < 4.78 is 0. The first kappa shape index (κ1) is 15.0. The van der Waals surface area contributed by atoms with Crippen molar-refractivity contribution in [1.29, 1.82) is 0 Å². The van der Waals surface area contributed by atoms with Gasteiger partial charge < -0.3 is 10.4 Å². The molecule has 1 aromatic carbocycles. The van der Waals surface area contributed by atoms with E-state index in [9.17, 15) is 4.79 Å². The van der Waals surface area contributed by atoms with Gasteiger partial charge in [-0.25, -0.2) is 4.79 Å². The molecule has 3 heteroatoms. The number of nitrogens with one attached hydrogen (secondary N) is 1. The van der Waals surface area contributed by atoms with Gasteiger partial charge in [0.1, 0.15) is 0 Å². The maximum Gasteiger partial charge on any atom is 0.335 e. The van der Waals surface area contributed by atoms with Crippen LogP contribution < -0.4 is 5.32 Å². The summed E-state index contributed by atoms with van der Waals surface area (Å²) in [4.78, 5) is 10.9. The minimum Gasteiger partial charge on any atom is -0.478 e. The molecular weight excluding hydrogens is 250 g/mol. The average molecular weight is 275 g/mol. The summed E-state index contributed by atoms with van der Waals surface area (Å²) in [6.45, 7) is 5.39. The van der Waals surface area contributed by atoms with Gasteiger partial charge in [-0.05, 0) is 55.2 Å².